The van der Waals surface area contributed by atoms with Crippen LogP contribution in [0, 0.1) is 13.8 Å². The smallest absolute Gasteiger partial charge is 0.284 e. The lowest BCUT2D eigenvalue weighted by Crippen LogP contribution is -2.17. The highest BCUT2D eigenvalue weighted by atomic mass is 16.4. The van der Waals surface area contributed by atoms with E-state index < -0.39 is 5.91 Å². The predicted molar refractivity (Wildman–Crippen MR) is 71.1 cm³/mol. The molecule has 6 heteroatoms. The Kier molecular flexibility index (Phi) is 2.32. The summed E-state index contributed by atoms with van der Waals surface area (Å²) >= 11 is 0. The number of carbonyl (C=O) groups excluding carboxylic acids is 1. The van der Waals surface area contributed by atoms with Crippen LogP contribution in [0.5, 0.6) is 0 Å². The Hall–Kier alpha value is -2.11. The molecule has 0 atom stereocenters. The van der Waals surface area contributed by atoms with E-state index in [1.54, 1.807) is 13.8 Å². The minimum atomic E-state index is -0.586. The quantitative estimate of drug-likeness (QED) is 0.879. The molecular formula is C13H16N4O2. The van der Waals surface area contributed by atoms with Crippen LogP contribution in [0.3, 0.4) is 0 Å². The van der Waals surface area contributed by atoms with Crippen molar-refractivity contribution in [1.82, 2.24) is 9.97 Å². The van der Waals surface area contributed by atoms with Gasteiger partial charge in [-0.1, -0.05) is 0 Å². The van der Waals surface area contributed by atoms with Crippen molar-refractivity contribution < 1.29 is 9.21 Å². The van der Waals surface area contributed by atoms with E-state index in [4.69, 9.17) is 10.2 Å². The highest BCUT2D eigenvalue weighted by Crippen LogP contribution is 2.40. The molecule has 1 saturated carbocycles. The minimum Gasteiger partial charge on any atom is -0.432 e. The maximum atomic E-state index is 11.3. The van der Waals surface area contributed by atoms with Crippen molar-refractivity contribution in [2.75, 3.05) is 5.32 Å². The van der Waals surface area contributed by atoms with Crippen molar-refractivity contribution in [3.63, 3.8) is 0 Å². The third kappa shape index (κ3) is 1.93. The molecule has 0 unspecified atom stereocenters. The van der Waals surface area contributed by atoms with Gasteiger partial charge in [0.2, 0.25) is 5.71 Å². The van der Waals surface area contributed by atoms with Gasteiger partial charge in [0.05, 0.1) is 5.39 Å². The monoisotopic (exact) mass is 260 g/mol. The van der Waals surface area contributed by atoms with E-state index >= 15 is 0 Å². The number of nitrogens with one attached hydrogen (secondary N) is 1. The topological polar surface area (TPSA) is 94.0 Å². The van der Waals surface area contributed by atoms with E-state index in [0.29, 0.717) is 17.1 Å². The van der Waals surface area contributed by atoms with Gasteiger partial charge in [-0.2, -0.15) is 4.98 Å². The maximum Gasteiger partial charge on any atom is 0.284 e. The summed E-state index contributed by atoms with van der Waals surface area (Å²) in [7, 11) is 0. The number of primary amides is 1. The number of hydrogen-bond donors (Lipinski definition) is 2. The summed E-state index contributed by atoms with van der Waals surface area (Å²) in [5.41, 5.74) is 6.49. The van der Waals surface area contributed by atoms with Crippen molar-refractivity contribution in [2.45, 2.75) is 39.2 Å². The van der Waals surface area contributed by atoms with Crippen molar-refractivity contribution in [3.05, 3.63) is 17.1 Å². The molecule has 2 aromatic heterocycles. The first-order chi connectivity index (χ1) is 8.89. The number of nitrogens with zero attached hydrogens (tertiary/aromatic N) is 2. The van der Waals surface area contributed by atoms with Crippen LogP contribution in [0.1, 0.15) is 41.7 Å². The SMILES string of the molecule is Cc1nc(NC2(C)CC2)c2c(C)c(C(N)=O)oc2n1. The van der Waals surface area contributed by atoms with Gasteiger partial charge in [-0.05, 0) is 33.6 Å². The molecule has 0 spiro atoms. The van der Waals surface area contributed by atoms with E-state index in [-0.39, 0.29) is 11.3 Å². The number of rotatable bonds is 3. The van der Waals surface area contributed by atoms with E-state index in [1.165, 1.54) is 0 Å². The summed E-state index contributed by atoms with van der Waals surface area (Å²) in [5.74, 6) is 0.885. The Morgan fingerprint density at radius 3 is 2.63 bits per heavy atom. The van der Waals surface area contributed by atoms with Crippen LogP contribution in [0.4, 0.5) is 5.82 Å². The van der Waals surface area contributed by atoms with Gasteiger partial charge in [0, 0.05) is 11.1 Å². The Balaban J connectivity index is 2.22. The van der Waals surface area contributed by atoms with Crippen molar-refractivity contribution in [1.29, 1.82) is 0 Å². The molecule has 1 amide bonds. The van der Waals surface area contributed by atoms with Gasteiger partial charge in [0.15, 0.2) is 5.76 Å². The van der Waals surface area contributed by atoms with Gasteiger partial charge < -0.3 is 15.5 Å². The molecule has 1 fully saturated rings. The number of amides is 1. The highest BCUT2D eigenvalue weighted by molar-refractivity contribution is 6.00. The molecule has 2 heterocycles. The zero-order chi connectivity index (χ0) is 13.8. The Morgan fingerprint density at radius 2 is 2.05 bits per heavy atom. The van der Waals surface area contributed by atoms with Crippen LogP contribution in [-0.4, -0.2) is 21.4 Å². The molecule has 6 nitrogen and oxygen atoms in total. The Labute approximate surface area is 110 Å². The zero-order valence-corrected chi connectivity index (χ0v) is 11.2. The molecule has 0 aliphatic heterocycles. The largest absolute Gasteiger partial charge is 0.432 e. The summed E-state index contributed by atoms with van der Waals surface area (Å²) in [4.78, 5) is 20.0. The number of hydrogen-bond acceptors (Lipinski definition) is 5. The molecule has 1 aliphatic rings. The standard InChI is InChI=1S/C13H16N4O2/c1-6-8-11(17-13(3)4-5-13)15-7(2)16-12(8)19-9(6)10(14)18/h4-5H2,1-3H3,(H2,14,18)(H,15,16,17). The second-order valence-electron chi connectivity index (χ2n) is 5.41. The molecule has 0 saturated heterocycles. The van der Waals surface area contributed by atoms with Crippen LogP contribution in [-0.2, 0) is 0 Å². The fraction of sp³-hybridized carbons (Fsp3) is 0.462. The van der Waals surface area contributed by atoms with E-state index in [9.17, 15) is 4.79 Å². The Bertz CT molecular complexity index is 685. The summed E-state index contributed by atoms with van der Waals surface area (Å²) in [6.07, 6.45) is 2.22. The minimum absolute atomic E-state index is 0.0876. The first kappa shape index (κ1) is 12.0. The van der Waals surface area contributed by atoms with Crippen molar-refractivity contribution >= 4 is 22.8 Å². The molecule has 0 radical (unpaired) electrons. The summed E-state index contributed by atoms with van der Waals surface area (Å²) in [6, 6.07) is 0. The number of aryl methyl sites for hydroxylation is 2. The van der Waals surface area contributed by atoms with Gasteiger partial charge in [0.25, 0.3) is 5.91 Å². The summed E-state index contributed by atoms with van der Waals surface area (Å²) < 4.78 is 5.45. The molecule has 0 bridgehead atoms. The number of carbonyl (C=O) groups is 1. The fourth-order valence-corrected chi connectivity index (χ4v) is 2.17. The van der Waals surface area contributed by atoms with Gasteiger partial charge in [-0.3, -0.25) is 4.79 Å². The molecule has 19 heavy (non-hydrogen) atoms. The van der Waals surface area contributed by atoms with Crippen LogP contribution in [0.2, 0.25) is 0 Å². The first-order valence-corrected chi connectivity index (χ1v) is 6.25. The molecule has 3 rings (SSSR count). The van der Waals surface area contributed by atoms with Crippen LogP contribution >= 0.6 is 0 Å². The number of aromatic nitrogens is 2. The second-order valence-corrected chi connectivity index (χ2v) is 5.41. The summed E-state index contributed by atoms with van der Waals surface area (Å²) in [6.45, 7) is 5.73. The average molecular weight is 260 g/mol. The third-order valence-corrected chi connectivity index (χ3v) is 3.55. The number of nitrogens with two attached hydrogens (primary N) is 1. The molecule has 3 N–H and O–H groups in total. The molecule has 0 aromatic carbocycles. The number of fused-ring (bicyclic) bond motifs is 1. The highest BCUT2D eigenvalue weighted by Gasteiger charge is 2.38. The first-order valence-electron chi connectivity index (χ1n) is 6.25. The molecule has 100 valence electrons. The van der Waals surface area contributed by atoms with E-state index in [1.807, 2.05) is 0 Å². The van der Waals surface area contributed by atoms with Gasteiger partial charge >= 0.3 is 0 Å². The molecule has 1 aliphatic carbocycles. The lowest BCUT2D eigenvalue weighted by atomic mass is 10.2. The van der Waals surface area contributed by atoms with Crippen molar-refractivity contribution in [3.8, 4) is 0 Å². The molecule has 2 aromatic rings. The maximum absolute atomic E-state index is 11.3. The second kappa shape index (κ2) is 3.69. The normalized spacial score (nSPS) is 16.6. The van der Waals surface area contributed by atoms with Gasteiger partial charge in [-0.15, -0.1) is 0 Å². The zero-order valence-electron chi connectivity index (χ0n) is 11.2. The van der Waals surface area contributed by atoms with Crippen LogP contribution < -0.4 is 11.1 Å². The lowest BCUT2D eigenvalue weighted by Gasteiger charge is -2.13. The van der Waals surface area contributed by atoms with Crippen molar-refractivity contribution in [2.24, 2.45) is 5.73 Å². The van der Waals surface area contributed by atoms with Crippen LogP contribution in [0.15, 0.2) is 4.42 Å². The van der Waals surface area contributed by atoms with Crippen LogP contribution in [0.25, 0.3) is 11.1 Å². The number of furan rings is 1. The average Bonchev–Trinajstić information content (AvgIpc) is 2.91. The Morgan fingerprint density at radius 1 is 1.37 bits per heavy atom. The fourth-order valence-electron chi connectivity index (χ4n) is 2.17. The van der Waals surface area contributed by atoms with Gasteiger partial charge in [-0.25, -0.2) is 4.98 Å². The van der Waals surface area contributed by atoms with Gasteiger partial charge in [0.1, 0.15) is 11.6 Å². The third-order valence-electron chi connectivity index (χ3n) is 3.55. The predicted octanol–water partition coefficient (Wildman–Crippen LogP) is 1.90. The van der Waals surface area contributed by atoms with E-state index in [0.717, 1.165) is 24.0 Å². The summed E-state index contributed by atoms with van der Waals surface area (Å²) in [5, 5.41) is 4.15. The number of anilines is 1. The lowest BCUT2D eigenvalue weighted by molar-refractivity contribution is 0.0975. The van der Waals surface area contributed by atoms with E-state index in [2.05, 4.69) is 22.2 Å². The molecular weight excluding hydrogens is 244 g/mol.